The van der Waals surface area contributed by atoms with Gasteiger partial charge in [-0.05, 0) is 17.7 Å². The van der Waals surface area contributed by atoms with Crippen LogP contribution >= 0.6 is 0 Å². The topological polar surface area (TPSA) is 89.3 Å². The van der Waals surface area contributed by atoms with Gasteiger partial charge in [-0.3, -0.25) is 4.79 Å². The SMILES string of the molecule is CC.CC.CC.CC.O=C(O)Cc1ccc(S(=O)(=O)CCn2ccnc2)cc1. The Morgan fingerprint density at radius 3 is 1.86 bits per heavy atom. The molecule has 2 rings (SSSR count). The zero-order valence-corrected chi connectivity index (χ0v) is 19.5. The Kier molecular flexibility index (Phi) is 21.4. The third-order valence-corrected chi connectivity index (χ3v) is 4.53. The van der Waals surface area contributed by atoms with E-state index in [9.17, 15) is 13.2 Å². The normalized spacial score (nSPS) is 9.00. The van der Waals surface area contributed by atoms with E-state index in [4.69, 9.17) is 5.11 Å². The number of rotatable bonds is 6. The Balaban J connectivity index is -0.000000695. The summed E-state index contributed by atoms with van der Waals surface area (Å²) >= 11 is 0. The first-order chi connectivity index (χ1) is 13.5. The number of hydrogen-bond donors (Lipinski definition) is 1. The molecule has 1 heterocycles. The van der Waals surface area contributed by atoms with Crippen LogP contribution in [0.15, 0.2) is 47.9 Å². The van der Waals surface area contributed by atoms with Crippen molar-refractivity contribution in [3.8, 4) is 0 Å². The molecule has 0 spiro atoms. The van der Waals surface area contributed by atoms with Crippen LogP contribution in [0.1, 0.15) is 61.0 Å². The van der Waals surface area contributed by atoms with Crippen molar-refractivity contribution < 1.29 is 18.3 Å². The second-order valence-electron chi connectivity index (χ2n) is 4.33. The van der Waals surface area contributed by atoms with Crippen LogP contribution in [0.3, 0.4) is 0 Å². The zero-order chi connectivity index (χ0) is 22.6. The predicted molar refractivity (Wildman–Crippen MR) is 117 cm³/mol. The van der Waals surface area contributed by atoms with Crippen LogP contribution in [0.25, 0.3) is 0 Å². The lowest BCUT2D eigenvalue weighted by atomic mass is 10.2. The summed E-state index contributed by atoms with van der Waals surface area (Å²) in [6.45, 7) is 16.3. The first-order valence-electron chi connectivity index (χ1n) is 9.96. The molecule has 1 aromatic carbocycles. The molecule has 0 saturated heterocycles. The fourth-order valence-corrected chi connectivity index (χ4v) is 2.99. The number of aromatic nitrogens is 2. The Bertz CT molecular complexity index is 680. The van der Waals surface area contributed by atoms with Crippen LogP contribution in [0.2, 0.25) is 0 Å². The van der Waals surface area contributed by atoms with Crippen molar-refractivity contribution in [1.29, 1.82) is 0 Å². The fraction of sp³-hybridized carbons (Fsp3) is 0.524. The van der Waals surface area contributed by atoms with Gasteiger partial charge >= 0.3 is 5.97 Å². The molecule has 2 aromatic rings. The van der Waals surface area contributed by atoms with E-state index in [-0.39, 0.29) is 17.1 Å². The van der Waals surface area contributed by atoms with E-state index in [0.717, 1.165) is 0 Å². The van der Waals surface area contributed by atoms with Crippen molar-refractivity contribution in [2.75, 3.05) is 5.75 Å². The molecule has 0 atom stereocenters. The summed E-state index contributed by atoms with van der Waals surface area (Å²) < 4.78 is 25.9. The summed E-state index contributed by atoms with van der Waals surface area (Å²) in [7, 11) is -3.38. The zero-order valence-electron chi connectivity index (χ0n) is 18.6. The molecule has 0 unspecified atom stereocenters. The molecule has 1 aromatic heterocycles. The van der Waals surface area contributed by atoms with Gasteiger partial charge < -0.3 is 9.67 Å². The fourth-order valence-electron chi connectivity index (χ4n) is 1.75. The highest BCUT2D eigenvalue weighted by molar-refractivity contribution is 7.91. The number of imidazole rings is 1. The summed E-state index contributed by atoms with van der Waals surface area (Å²) in [5.41, 5.74) is 0.575. The van der Waals surface area contributed by atoms with Gasteiger partial charge in [0.2, 0.25) is 0 Å². The maximum atomic E-state index is 12.1. The summed E-state index contributed by atoms with van der Waals surface area (Å²) in [6, 6.07) is 5.94. The third-order valence-electron chi connectivity index (χ3n) is 2.82. The molecule has 0 fully saturated rings. The smallest absolute Gasteiger partial charge is 0.307 e. The van der Waals surface area contributed by atoms with Gasteiger partial charge in [-0.25, -0.2) is 13.4 Å². The van der Waals surface area contributed by atoms with E-state index in [1.807, 2.05) is 55.4 Å². The van der Waals surface area contributed by atoms with E-state index in [1.165, 1.54) is 24.3 Å². The largest absolute Gasteiger partial charge is 0.481 e. The Hall–Kier alpha value is -2.15. The van der Waals surface area contributed by atoms with Crippen molar-refractivity contribution in [2.45, 2.75) is 73.3 Å². The van der Waals surface area contributed by atoms with Crippen molar-refractivity contribution >= 4 is 15.8 Å². The number of carbonyl (C=O) groups is 1. The Morgan fingerprint density at radius 2 is 1.46 bits per heavy atom. The minimum Gasteiger partial charge on any atom is -0.481 e. The van der Waals surface area contributed by atoms with Crippen LogP contribution < -0.4 is 0 Å². The predicted octanol–water partition coefficient (Wildman–Crippen LogP) is 5.09. The van der Waals surface area contributed by atoms with Crippen LogP contribution in [-0.4, -0.2) is 34.8 Å². The first kappa shape index (κ1) is 30.6. The molecule has 0 aliphatic carbocycles. The maximum Gasteiger partial charge on any atom is 0.307 e. The lowest BCUT2D eigenvalue weighted by Gasteiger charge is -2.06. The van der Waals surface area contributed by atoms with Crippen molar-refractivity contribution in [3.05, 3.63) is 48.5 Å². The minimum absolute atomic E-state index is 0.0262. The van der Waals surface area contributed by atoms with Gasteiger partial charge in [-0.2, -0.15) is 0 Å². The molecule has 28 heavy (non-hydrogen) atoms. The molecule has 0 amide bonds. The molecule has 0 bridgehead atoms. The number of carboxylic acid groups (broad SMARTS) is 1. The molecular weight excluding hydrogens is 376 g/mol. The lowest BCUT2D eigenvalue weighted by Crippen LogP contribution is -2.12. The van der Waals surface area contributed by atoms with Crippen LogP contribution in [0, 0.1) is 0 Å². The molecular formula is C21H38N2O4S. The molecule has 6 nitrogen and oxygen atoms in total. The third kappa shape index (κ3) is 13.1. The van der Waals surface area contributed by atoms with E-state index in [0.29, 0.717) is 12.1 Å². The number of benzene rings is 1. The van der Waals surface area contributed by atoms with E-state index >= 15 is 0 Å². The molecule has 0 radical (unpaired) electrons. The monoisotopic (exact) mass is 414 g/mol. The molecule has 0 aliphatic rings. The van der Waals surface area contributed by atoms with Crippen LogP contribution in [0.4, 0.5) is 0 Å². The number of hydrogen-bond acceptors (Lipinski definition) is 4. The first-order valence-corrected chi connectivity index (χ1v) is 11.6. The highest BCUT2D eigenvalue weighted by Gasteiger charge is 2.14. The second kappa shape index (κ2) is 19.6. The number of aryl methyl sites for hydroxylation is 1. The molecule has 1 N–H and O–H groups in total. The van der Waals surface area contributed by atoms with E-state index < -0.39 is 15.8 Å². The summed E-state index contributed by atoms with van der Waals surface area (Å²) in [5.74, 6) is -0.970. The van der Waals surface area contributed by atoms with Crippen LogP contribution in [0.5, 0.6) is 0 Å². The van der Waals surface area contributed by atoms with Gasteiger partial charge in [0.15, 0.2) is 9.84 Å². The van der Waals surface area contributed by atoms with Crippen LogP contribution in [-0.2, 0) is 27.6 Å². The van der Waals surface area contributed by atoms with Gasteiger partial charge in [0, 0.05) is 18.9 Å². The lowest BCUT2D eigenvalue weighted by molar-refractivity contribution is -0.136. The Morgan fingerprint density at radius 1 is 0.964 bits per heavy atom. The maximum absolute atomic E-state index is 12.1. The number of aliphatic carboxylic acids is 1. The highest BCUT2D eigenvalue weighted by Crippen LogP contribution is 2.13. The average molecular weight is 415 g/mol. The standard InChI is InChI=1S/C13H14N2O4S.4C2H6/c16-13(17)9-11-1-3-12(4-2-11)20(18,19)8-7-15-6-5-14-10-15;4*1-2/h1-6,10H,7-9H2,(H,16,17);4*1-2H3. The quantitative estimate of drug-likeness (QED) is 0.711. The van der Waals surface area contributed by atoms with Crippen molar-refractivity contribution in [1.82, 2.24) is 9.55 Å². The summed E-state index contributed by atoms with van der Waals surface area (Å²) in [6.07, 6.45) is 4.74. The number of nitrogens with zero attached hydrogens (tertiary/aromatic N) is 2. The van der Waals surface area contributed by atoms with Gasteiger partial charge in [0.05, 0.1) is 23.4 Å². The van der Waals surface area contributed by atoms with E-state index in [1.54, 1.807) is 23.3 Å². The van der Waals surface area contributed by atoms with E-state index in [2.05, 4.69) is 4.98 Å². The highest BCUT2D eigenvalue weighted by atomic mass is 32.2. The molecule has 0 saturated carbocycles. The number of carboxylic acids is 1. The van der Waals surface area contributed by atoms with Crippen molar-refractivity contribution in [3.63, 3.8) is 0 Å². The second-order valence-corrected chi connectivity index (χ2v) is 6.44. The average Bonchev–Trinajstić information content (AvgIpc) is 3.26. The van der Waals surface area contributed by atoms with Gasteiger partial charge in [-0.15, -0.1) is 0 Å². The van der Waals surface area contributed by atoms with Crippen molar-refractivity contribution in [2.24, 2.45) is 0 Å². The molecule has 162 valence electrons. The molecule has 7 heteroatoms. The van der Waals surface area contributed by atoms with Gasteiger partial charge in [0.1, 0.15) is 0 Å². The minimum atomic E-state index is -3.38. The number of sulfone groups is 1. The summed E-state index contributed by atoms with van der Waals surface area (Å²) in [4.78, 5) is 14.6. The van der Waals surface area contributed by atoms with Gasteiger partial charge in [0.25, 0.3) is 0 Å². The molecule has 0 aliphatic heterocycles. The summed E-state index contributed by atoms with van der Waals surface area (Å²) in [5, 5.41) is 8.66. The Labute approximate surface area is 171 Å². The van der Waals surface area contributed by atoms with Gasteiger partial charge in [-0.1, -0.05) is 67.5 Å².